The molecule has 0 spiro atoms. The van der Waals surface area contributed by atoms with E-state index >= 15 is 0 Å². The van der Waals surface area contributed by atoms with Gasteiger partial charge in [0.1, 0.15) is 6.61 Å². The number of hydrogen-bond donors (Lipinski definition) is 1. The van der Waals surface area contributed by atoms with Crippen molar-refractivity contribution in [2.45, 2.75) is 70.7 Å². The molecule has 1 aliphatic rings. The number of aryl methyl sites for hydroxylation is 1. The van der Waals surface area contributed by atoms with Gasteiger partial charge in [-0.2, -0.15) is 11.8 Å². The van der Waals surface area contributed by atoms with Crippen LogP contribution in [0.2, 0.25) is 5.02 Å². The molecule has 7 heteroatoms. The van der Waals surface area contributed by atoms with Crippen LogP contribution in [0.4, 0.5) is 0 Å². The van der Waals surface area contributed by atoms with Crippen molar-refractivity contribution in [2.75, 3.05) is 32.0 Å². The number of halogens is 1. The summed E-state index contributed by atoms with van der Waals surface area (Å²) in [5.41, 5.74) is 5.39. The fourth-order valence-corrected chi connectivity index (χ4v) is 7.96. The van der Waals surface area contributed by atoms with Crippen molar-refractivity contribution >= 4 is 52.4 Å². The van der Waals surface area contributed by atoms with Crippen molar-refractivity contribution in [2.24, 2.45) is 5.41 Å². The maximum atomic E-state index is 12.8. The lowest BCUT2D eigenvalue weighted by molar-refractivity contribution is -0.145. The Labute approximate surface area is 295 Å². The summed E-state index contributed by atoms with van der Waals surface area (Å²) in [4.78, 5) is 19.9. The molecule has 1 N–H and O–H groups in total. The zero-order chi connectivity index (χ0) is 34.1. The van der Waals surface area contributed by atoms with E-state index in [0.717, 1.165) is 78.8 Å². The van der Waals surface area contributed by atoms with Gasteiger partial charge in [-0.05, 0) is 105 Å². The SMILES string of the molecule is CCN(CC)CCOC(=O)CC1(CSC(CCc2ccccc2C(C)(C)O)c2cccc(C=Cc3ccc4ccc(Cl)cc4n3)c2)CC1. The molecule has 0 amide bonds. The van der Waals surface area contributed by atoms with Gasteiger partial charge in [0, 0.05) is 28.0 Å². The monoisotopic (exact) mass is 684 g/mol. The molecule has 1 fully saturated rings. The predicted molar refractivity (Wildman–Crippen MR) is 202 cm³/mol. The van der Waals surface area contributed by atoms with E-state index in [1.165, 1.54) is 11.1 Å². The maximum Gasteiger partial charge on any atom is 0.306 e. The highest BCUT2D eigenvalue weighted by Gasteiger charge is 2.45. The van der Waals surface area contributed by atoms with Crippen molar-refractivity contribution in [3.05, 3.63) is 112 Å². The molecule has 1 aromatic heterocycles. The molecule has 1 heterocycles. The molecule has 0 bridgehead atoms. The van der Waals surface area contributed by atoms with Crippen molar-refractivity contribution < 1.29 is 14.6 Å². The molecule has 3 aromatic carbocycles. The fourth-order valence-electron chi connectivity index (χ4n) is 6.22. The summed E-state index contributed by atoms with van der Waals surface area (Å²) >= 11 is 8.17. The number of thioether (sulfide) groups is 1. The third kappa shape index (κ3) is 10.2. The van der Waals surface area contributed by atoms with Crippen LogP contribution in [0.25, 0.3) is 23.1 Å². The molecule has 1 aliphatic carbocycles. The highest BCUT2D eigenvalue weighted by Crippen LogP contribution is 2.53. The van der Waals surface area contributed by atoms with Gasteiger partial charge in [-0.3, -0.25) is 4.79 Å². The Morgan fingerprint density at radius 3 is 2.56 bits per heavy atom. The van der Waals surface area contributed by atoms with E-state index in [1.807, 2.05) is 68.1 Å². The van der Waals surface area contributed by atoms with Crippen molar-refractivity contribution in [3.8, 4) is 0 Å². The Morgan fingerprint density at radius 2 is 1.81 bits per heavy atom. The lowest BCUT2D eigenvalue weighted by Gasteiger charge is -2.24. The lowest BCUT2D eigenvalue weighted by Crippen LogP contribution is -2.28. The minimum atomic E-state index is -0.907. The first-order chi connectivity index (χ1) is 23.1. The Bertz CT molecular complexity index is 1710. The second-order valence-corrected chi connectivity index (χ2v) is 15.2. The van der Waals surface area contributed by atoms with E-state index in [-0.39, 0.29) is 16.6 Å². The van der Waals surface area contributed by atoms with Crippen molar-refractivity contribution in [1.82, 2.24) is 9.88 Å². The maximum absolute atomic E-state index is 12.8. The number of aliphatic hydroxyl groups is 1. The average Bonchev–Trinajstić information content (AvgIpc) is 3.84. The van der Waals surface area contributed by atoms with Gasteiger partial charge < -0.3 is 14.7 Å². The highest BCUT2D eigenvalue weighted by molar-refractivity contribution is 7.99. The van der Waals surface area contributed by atoms with Gasteiger partial charge in [0.2, 0.25) is 0 Å². The molecule has 4 aromatic rings. The zero-order valence-corrected chi connectivity index (χ0v) is 30.3. The Hall–Kier alpha value is -3.16. The zero-order valence-electron chi connectivity index (χ0n) is 28.8. The van der Waals surface area contributed by atoms with Crippen LogP contribution in [0.3, 0.4) is 0 Å². The molecule has 5 nitrogen and oxygen atoms in total. The number of ether oxygens (including phenoxy) is 1. The van der Waals surface area contributed by atoms with Gasteiger partial charge in [0.25, 0.3) is 0 Å². The first kappa shape index (κ1) is 36.1. The molecule has 0 saturated heterocycles. The van der Waals surface area contributed by atoms with Gasteiger partial charge in [0.05, 0.1) is 23.2 Å². The van der Waals surface area contributed by atoms with Crippen LogP contribution in [0, 0.1) is 5.41 Å². The van der Waals surface area contributed by atoms with Crippen molar-refractivity contribution in [3.63, 3.8) is 0 Å². The van der Waals surface area contributed by atoms with E-state index in [0.29, 0.717) is 18.1 Å². The third-order valence-corrected chi connectivity index (χ3v) is 11.3. The van der Waals surface area contributed by atoms with Crippen LogP contribution in [-0.4, -0.2) is 53.0 Å². The van der Waals surface area contributed by atoms with Crippen LogP contribution in [0.1, 0.15) is 86.6 Å². The Kier molecular flexibility index (Phi) is 12.4. The van der Waals surface area contributed by atoms with E-state index in [1.54, 1.807) is 0 Å². The molecule has 0 radical (unpaired) electrons. The smallest absolute Gasteiger partial charge is 0.306 e. The lowest BCUT2D eigenvalue weighted by atomic mass is 9.90. The number of nitrogens with zero attached hydrogens (tertiary/aromatic N) is 2. The fraction of sp³-hybridized carbons (Fsp3) is 0.415. The second kappa shape index (κ2) is 16.5. The summed E-state index contributed by atoms with van der Waals surface area (Å²) in [7, 11) is 0. The Morgan fingerprint density at radius 1 is 1.04 bits per heavy atom. The molecule has 5 rings (SSSR count). The quantitative estimate of drug-likeness (QED) is 0.112. The van der Waals surface area contributed by atoms with Gasteiger partial charge in [-0.1, -0.05) is 92.2 Å². The molecular formula is C41H49ClN2O3S. The molecule has 1 atom stereocenters. The number of carbonyl (C=O) groups is 1. The summed E-state index contributed by atoms with van der Waals surface area (Å²) in [6.07, 6.45) is 8.54. The number of pyridine rings is 1. The number of aromatic nitrogens is 1. The number of hydrogen-bond acceptors (Lipinski definition) is 6. The normalized spacial score (nSPS) is 14.9. The Balaban J connectivity index is 1.31. The number of likely N-dealkylation sites (N-methyl/N-ethyl adjacent to an activating group) is 1. The van der Waals surface area contributed by atoms with Crippen LogP contribution < -0.4 is 0 Å². The van der Waals surface area contributed by atoms with E-state index < -0.39 is 5.60 Å². The number of benzene rings is 3. The van der Waals surface area contributed by atoms with E-state index in [2.05, 4.69) is 67.3 Å². The molecule has 1 saturated carbocycles. The summed E-state index contributed by atoms with van der Waals surface area (Å²) in [6.45, 7) is 11.1. The van der Waals surface area contributed by atoms with Crippen molar-refractivity contribution in [1.29, 1.82) is 0 Å². The van der Waals surface area contributed by atoms with E-state index in [4.69, 9.17) is 21.3 Å². The second-order valence-electron chi connectivity index (χ2n) is 13.6. The minimum absolute atomic E-state index is 0.0162. The summed E-state index contributed by atoms with van der Waals surface area (Å²) in [5.74, 6) is 0.840. The molecular weight excluding hydrogens is 636 g/mol. The molecule has 1 unspecified atom stereocenters. The largest absolute Gasteiger partial charge is 0.464 e. The average molecular weight is 685 g/mol. The van der Waals surface area contributed by atoms with Crippen LogP contribution in [0.15, 0.2) is 78.9 Å². The minimum Gasteiger partial charge on any atom is -0.464 e. The van der Waals surface area contributed by atoms with Crippen LogP contribution >= 0.6 is 23.4 Å². The summed E-state index contributed by atoms with van der Waals surface area (Å²) in [6, 6.07) is 26.8. The molecule has 0 aliphatic heterocycles. The van der Waals surface area contributed by atoms with Crippen LogP contribution in [0.5, 0.6) is 0 Å². The first-order valence-corrected chi connectivity index (χ1v) is 18.6. The molecule has 254 valence electrons. The number of esters is 1. The van der Waals surface area contributed by atoms with Gasteiger partial charge in [0.15, 0.2) is 0 Å². The van der Waals surface area contributed by atoms with Gasteiger partial charge in [-0.15, -0.1) is 0 Å². The number of carbonyl (C=O) groups excluding carboxylic acids is 1. The number of fused-ring (bicyclic) bond motifs is 1. The first-order valence-electron chi connectivity index (χ1n) is 17.2. The third-order valence-electron chi connectivity index (χ3n) is 9.39. The summed E-state index contributed by atoms with van der Waals surface area (Å²) < 4.78 is 5.67. The predicted octanol–water partition coefficient (Wildman–Crippen LogP) is 9.75. The number of rotatable bonds is 17. The van der Waals surface area contributed by atoms with Gasteiger partial charge >= 0.3 is 5.97 Å². The topological polar surface area (TPSA) is 62.7 Å². The van der Waals surface area contributed by atoms with Gasteiger partial charge in [-0.25, -0.2) is 4.98 Å². The molecule has 48 heavy (non-hydrogen) atoms. The summed E-state index contributed by atoms with van der Waals surface area (Å²) in [5, 5.41) is 12.8. The highest BCUT2D eigenvalue weighted by atomic mass is 35.5. The van der Waals surface area contributed by atoms with Crippen LogP contribution in [-0.2, 0) is 21.6 Å². The standard InChI is InChI=1S/C41H49ClN2O3S/c1-5-44(6-2)24-25-47-39(45)28-41(22-23-41)29-48-38(21-17-31-11-7-8-13-36(31)40(3,4)46)33-12-9-10-30(26-33)14-19-35-20-16-32-15-18-34(42)27-37(32)43-35/h7-16,18-20,26-27,38,46H,5-6,17,21-25,28-29H2,1-4H3. The van der Waals surface area contributed by atoms with E-state index in [9.17, 15) is 9.90 Å².